The van der Waals surface area contributed by atoms with Gasteiger partial charge >= 0.3 is 0 Å². The number of benzene rings is 1. The number of rotatable bonds is 6. The first-order chi connectivity index (χ1) is 9.28. The summed E-state index contributed by atoms with van der Waals surface area (Å²) in [4.78, 5) is 4.67. The first-order valence-corrected chi connectivity index (χ1v) is 7.90. The molecule has 1 aromatic heterocycles. The maximum atomic E-state index is 6.04. The molecule has 0 unspecified atom stereocenters. The van der Waals surface area contributed by atoms with E-state index in [1.807, 2.05) is 12.1 Å². The van der Waals surface area contributed by atoms with Gasteiger partial charge in [0.2, 0.25) is 0 Å². The highest BCUT2D eigenvalue weighted by atomic mass is 35.5. The summed E-state index contributed by atoms with van der Waals surface area (Å²) < 4.78 is 2.32. The molecule has 0 spiro atoms. The van der Waals surface area contributed by atoms with Crippen molar-refractivity contribution < 1.29 is 0 Å². The molecular formula is C15H18Cl2N2. The Morgan fingerprint density at radius 1 is 1.32 bits per heavy atom. The lowest BCUT2D eigenvalue weighted by Crippen LogP contribution is -2.05. The van der Waals surface area contributed by atoms with E-state index in [2.05, 4.69) is 15.6 Å². The fourth-order valence-electron chi connectivity index (χ4n) is 2.62. The van der Waals surface area contributed by atoms with Crippen LogP contribution in [0.5, 0.6) is 0 Å². The van der Waals surface area contributed by atoms with Crippen LogP contribution in [0.15, 0.2) is 18.2 Å². The van der Waals surface area contributed by atoms with E-state index in [1.165, 1.54) is 31.2 Å². The van der Waals surface area contributed by atoms with E-state index in [9.17, 15) is 0 Å². The van der Waals surface area contributed by atoms with E-state index in [-0.39, 0.29) is 0 Å². The second-order valence-electron chi connectivity index (χ2n) is 5.34. The lowest BCUT2D eigenvalue weighted by atomic mass is 10.2. The van der Waals surface area contributed by atoms with Crippen LogP contribution in [0, 0.1) is 5.92 Å². The molecule has 1 fully saturated rings. The van der Waals surface area contributed by atoms with Crippen molar-refractivity contribution in [2.75, 3.05) is 5.88 Å². The van der Waals surface area contributed by atoms with Gasteiger partial charge in [-0.25, -0.2) is 4.98 Å². The second kappa shape index (κ2) is 5.72. The predicted octanol–water partition coefficient (Wildman–Crippen LogP) is 4.66. The van der Waals surface area contributed by atoms with Gasteiger partial charge in [0.25, 0.3) is 0 Å². The summed E-state index contributed by atoms with van der Waals surface area (Å²) in [7, 11) is 0. The maximum absolute atomic E-state index is 6.04. The highest BCUT2D eigenvalue weighted by Gasteiger charge is 2.20. The quantitative estimate of drug-likeness (QED) is 0.709. The minimum Gasteiger partial charge on any atom is -0.328 e. The van der Waals surface area contributed by atoms with Gasteiger partial charge in [-0.3, -0.25) is 0 Å². The normalized spacial score (nSPS) is 15.3. The SMILES string of the molecule is ClCCc1nc2cc(Cl)ccc2n1CCCC1CC1. The number of imidazole rings is 1. The molecule has 19 heavy (non-hydrogen) atoms. The molecular weight excluding hydrogens is 279 g/mol. The third-order valence-corrected chi connectivity index (χ3v) is 4.22. The summed E-state index contributed by atoms with van der Waals surface area (Å²) in [5, 5.41) is 0.743. The Kier molecular flexibility index (Phi) is 3.99. The summed E-state index contributed by atoms with van der Waals surface area (Å²) >= 11 is 11.9. The molecule has 1 aliphatic carbocycles. The van der Waals surface area contributed by atoms with Crippen LogP contribution < -0.4 is 0 Å². The van der Waals surface area contributed by atoms with Crippen LogP contribution in [0.3, 0.4) is 0 Å². The Balaban J connectivity index is 1.86. The van der Waals surface area contributed by atoms with Crippen molar-refractivity contribution >= 4 is 34.2 Å². The lowest BCUT2D eigenvalue weighted by molar-refractivity contribution is 0.571. The van der Waals surface area contributed by atoms with Crippen LogP contribution in [-0.4, -0.2) is 15.4 Å². The first kappa shape index (κ1) is 13.3. The molecule has 1 aliphatic rings. The number of nitrogens with zero attached hydrogens (tertiary/aromatic N) is 2. The Morgan fingerprint density at radius 3 is 2.89 bits per heavy atom. The highest BCUT2D eigenvalue weighted by Crippen LogP contribution is 2.34. The maximum Gasteiger partial charge on any atom is 0.111 e. The van der Waals surface area contributed by atoms with E-state index < -0.39 is 0 Å². The topological polar surface area (TPSA) is 17.8 Å². The third kappa shape index (κ3) is 3.06. The lowest BCUT2D eigenvalue weighted by Gasteiger charge is -2.08. The molecule has 102 valence electrons. The van der Waals surface area contributed by atoms with Crippen LogP contribution in [0.1, 0.15) is 31.5 Å². The minimum absolute atomic E-state index is 0.611. The average molecular weight is 297 g/mol. The van der Waals surface area contributed by atoms with Gasteiger partial charge < -0.3 is 4.57 Å². The van der Waals surface area contributed by atoms with Gasteiger partial charge in [-0.15, -0.1) is 11.6 Å². The minimum atomic E-state index is 0.611. The number of aromatic nitrogens is 2. The summed E-state index contributed by atoms with van der Waals surface area (Å²) in [6.07, 6.45) is 6.24. The Bertz CT molecular complexity index is 573. The Labute approximate surface area is 123 Å². The monoisotopic (exact) mass is 296 g/mol. The highest BCUT2D eigenvalue weighted by molar-refractivity contribution is 6.31. The van der Waals surface area contributed by atoms with Crippen molar-refractivity contribution in [2.24, 2.45) is 5.92 Å². The molecule has 0 atom stereocenters. The molecule has 1 heterocycles. The fraction of sp³-hybridized carbons (Fsp3) is 0.533. The number of hydrogen-bond donors (Lipinski definition) is 0. The van der Waals surface area contributed by atoms with Gasteiger partial charge in [0.15, 0.2) is 0 Å². The first-order valence-electron chi connectivity index (χ1n) is 6.98. The van der Waals surface area contributed by atoms with Crippen molar-refractivity contribution in [2.45, 2.75) is 38.6 Å². The van der Waals surface area contributed by atoms with E-state index in [1.54, 1.807) is 0 Å². The molecule has 1 saturated carbocycles. The van der Waals surface area contributed by atoms with E-state index >= 15 is 0 Å². The van der Waals surface area contributed by atoms with E-state index in [0.29, 0.717) is 5.88 Å². The van der Waals surface area contributed by atoms with Gasteiger partial charge in [-0.05, 0) is 37.0 Å². The van der Waals surface area contributed by atoms with Crippen molar-refractivity contribution in [1.82, 2.24) is 9.55 Å². The van der Waals surface area contributed by atoms with Crippen LogP contribution in [0.2, 0.25) is 5.02 Å². The molecule has 0 saturated heterocycles. The molecule has 0 radical (unpaired) electrons. The number of hydrogen-bond acceptors (Lipinski definition) is 1. The zero-order valence-corrected chi connectivity index (χ0v) is 12.4. The molecule has 0 amide bonds. The molecule has 2 nitrogen and oxygen atoms in total. The van der Waals surface area contributed by atoms with Gasteiger partial charge in [0.1, 0.15) is 5.82 Å². The third-order valence-electron chi connectivity index (χ3n) is 3.80. The molecule has 0 aliphatic heterocycles. The van der Waals surface area contributed by atoms with Crippen molar-refractivity contribution in [3.8, 4) is 0 Å². The van der Waals surface area contributed by atoms with Gasteiger partial charge in [-0.1, -0.05) is 24.4 Å². The van der Waals surface area contributed by atoms with Crippen LogP contribution in [0.4, 0.5) is 0 Å². The molecule has 4 heteroatoms. The summed E-state index contributed by atoms with van der Waals surface area (Å²) in [5.74, 6) is 2.68. The second-order valence-corrected chi connectivity index (χ2v) is 6.15. The van der Waals surface area contributed by atoms with E-state index in [4.69, 9.17) is 23.2 Å². The standard InChI is InChI=1S/C15H18Cl2N2/c16-8-7-15-18-13-10-12(17)5-6-14(13)19(15)9-1-2-11-3-4-11/h5-6,10-11H,1-4,7-9H2. The zero-order valence-electron chi connectivity index (χ0n) is 10.9. The fourth-order valence-corrected chi connectivity index (χ4v) is 2.96. The zero-order chi connectivity index (χ0) is 13.2. The molecule has 1 aromatic carbocycles. The molecule has 3 rings (SSSR count). The summed E-state index contributed by atoms with van der Waals surface area (Å²) in [6, 6.07) is 5.94. The van der Waals surface area contributed by atoms with Crippen molar-refractivity contribution in [1.29, 1.82) is 0 Å². The van der Waals surface area contributed by atoms with Gasteiger partial charge in [-0.2, -0.15) is 0 Å². The number of aryl methyl sites for hydroxylation is 2. The summed E-state index contributed by atoms with van der Waals surface area (Å²) in [6.45, 7) is 1.04. The number of fused-ring (bicyclic) bond motifs is 1. The van der Waals surface area contributed by atoms with Crippen molar-refractivity contribution in [3.05, 3.63) is 29.0 Å². The number of alkyl halides is 1. The molecule has 0 bridgehead atoms. The van der Waals surface area contributed by atoms with Crippen molar-refractivity contribution in [3.63, 3.8) is 0 Å². The van der Waals surface area contributed by atoms with Crippen LogP contribution in [-0.2, 0) is 13.0 Å². The Morgan fingerprint density at radius 2 is 2.16 bits per heavy atom. The van der Waals surface area contributed by atoms with Gasteiger partial charge in [0, 0.05) is 23.9 Å². The summed E-state index contributed by atoms with van der Waals surface area (Å²) in [5.41, 5.74) is 2.17. The van der Waals surface area contributed by atoms with Crippen LogP contribution in [0.25, 0.3) is 11.0 Å². The molecule has 0 N–H and O–H groups in total. The molecule has 2 aromatic rings. The smallest absolute Gasteiger partial charge is 0.111 e. The van der Waals surface area contributed by atoms with Gasteiger partial charge in [0.05, 0.1) is 11.0 Å². The Hall–Kier alpha value is -0.730. The van der Waals surface area contributed by atoms with E-state index in [0.717, 1.165) is 35.2 Å². The average Bonchev–Trinajstić information content (AvgIpc) is 3.14. The predicted molar refractivity (Wildman–Crippen MR) is 81.1 cm³/mol. The largest absolute Gasteiger partial charge is 0.328 e. The van der Waals surface area contributed by atoms with Crippen LogP contribution >= 0.6 is 23.2 Å². The number of halogens is 2.